The number of rotatable bonds is 8. The Hall–Kier alpha value is -8.40. The summed E-state index contributed by atoms with van der Waals surface area (Å²) in [6.45, 7) is 0. The van der Waals surface area contributed by atoms with E-state index >= 15 is 0 Å². The molecule has 0 amide bonds. The molecule has 0 atom stereocenters. The Balaban J connectivity index is 1.02. The van der Waals surface area contributed by atoms with Gasteiger partial charge in [0.2, 0.25) is 0 Å². The van der Waals surface area contributed by atoms with Crippen LogP contribution in [-0.2, 0) is 0 Å². The molecule has 0 aliphatic carbocycles. The van der Waals surface area contributed by atoms with E-state index in [1.54, 1.807) is 0 Å². The number of nitrogens with zero attached hydrogens (tertiary/aromatic N) is 2. The van der Waals surface area contributed by atoms with Gasteiger partial charge >= 0.3 is 0 Å². The number of furan rings is 1. The zero-order valence-electron chi connectivity index (χ0n) is 34.4. The molecule has 2 heterocycles. The third-order valence-corrected chi connectivity index (χ3v) is 12.4. The van der Waals surface area contributed by atoms with Crippen LogP contribution in [0.15, 0.2) is 247 Å². The first kappa shape index (κ1) is 36.5. The lowest BCUT2D eigenvalue weighted by atomic mass is 9.94. The molecule has 0 spiro atoms. The van der Waals surface area contributed by atoms with E-state index in [1.165, 1.54) is 32.9 Å². The van der Waals surface area contributed by atoms with Crippen LogP contribution in [0.3, 0.4) is 0 Å². The number of para-hydroxylation sites is 3. The van der Waals surface area contributed by atoms with Gasteiger partial charge in [0.15, 0.2) is 5.58 Å². The lowest BCUT2D eigenvalue weighted by molar-refractivity contribution is 0.670. The van der Waals surface area contributed by atoms with Crippen LogP contribution in [-0.4, -0.2) is 4.57 Å². The van der Waals surface area contributed by atoms with Gasteiger partial charge in [-0.3, -0.25) is 0 Å². The van der Waals surface area contributed by atoms with Gasteiger partial charge in [0, 0.05) is 44.2 Å². The van der Waals surface area contributed by atoms with E-state index in [-0.39, 0.29) is 0 Å². The van der Waals surface area contributed by atoms with E-state index in [4.69, 9.17) is 4.42 Å². The molecule has 296 valence electrons. The summed E-state index contributed by atoms with van der Waals surface area (Å²) in [6, 6.07) is 86.8. The number of anilines is 3. The fourth-order valence-electron chi connectivity index (χ4n) is 9.46. The topological polar surface area (TPSA) is 21.3 Å². The van der Waals surface area contributed by atoms with Crippen molar-refractivity contribution in [2.75, 3.05) is 4.90 Å². The number of fused-ring (bicyclic) bond motifs is 6. The predicted octanol–water partition coefficient (Wildman–Crippen LogP) is 16.8. The highest BCUT2D eigenvalue weighted by molar-refractivity contribution is 6.19. The van der Waals surface area contributed by atoms with E-state index in [0.29, 0.717) is 0 Å². The van der Waals surface area contributed by atoms with Crippen LogP contribution in [0.25, 0.3) is 93.9 Å². The van der Waals surface area contributed by atoms with Crippen molar-refractivity contribution in [3.05, 3.63) is 243 Å². The minimum absolute atomic E-state index is 0.836. The molecule has 0 unspecified atom stereocenters. The van der Waals surface area contributed by atoms with Gasteiger partial charge in [-0.15, -0.1) is 0 Å². The highest BCUT2D eigenvalue weighted by Gasteiger charge is 2.23. The van der Waals surface area contributed by atoms with Crippen molar-refractivity contribution in [3.63, 3.8) is 0 Å². The van der Waals surface area contributed by atoms with E-state index in [9.17, 15) is 0 Å². The van der Waals surface area contributed by atoms with Gasteiger partial charge in [0.05, 0.1) is 16.7 Å². The Labute approximate surface area is 366 Å². The molecule has 12 aromatic rings. The second-order valence-electron chi connectivity index (χ2n) is 16.1. The SMILES string of the molecule is c1ccc(-c2ccc(N(c3ccc(-c4cccc(-n5c6ccccc6c6ccccc65)c4)cc3)c3cccc4c3oc3c(-c5ccccc5)ccc(-c5ccccc5)c34)cc2)cc1. The summed E-state index contributed by atoms with van der Waals surface area (Å²) in [7, 11) is 0. The smallest absolute Gasteiger partial charge is 0.159 e. The number of hydrogen-bond acceptors (Lipinski definition) is 2. The van der Waals surface area contributed by atoms with Crippen LogP contribution in [0.4, 0.5) is 17.1 Å². The Bertz CT molecular complexity index is 3530. The van der Waals surface area contributed by atoms with Crippen molar-refractivity contribution in [2.24, 2.45) is 0 Å². The minimum Gasteiger partial charge on any atom is -0.453 e. The summed E-state index contributed by atoms with van der Waals surface area (Å²) >= 11 is 0. The third-order valence-electron chi connectivity index (χ3n) is 12.4. The molecule has 0 bridgehead atoms. The monoisotopic (exact) mass is 804 g/mol. The fourth-order valence-corrected chi connectivity index (χ4v) is 9.46. The second kappa shape index (κ2) is 15.3. The van der Waals surface area contributed by atoms with Crippen molar-refractivity contribution >= 4 is 60.8 Å². The molecular weight excluding hydrogens is 765 g/mol. The molecule has 63 heavy (non-hydrogen) atoms. The summed E-state index contributed by atoms with van der Waals surface area (Å²) in [6.07, 6.45) is 0. The molecule has 3 nitrogen and oxygen atoms in total. The van der Waals surface area contributed by atoms with Gasteiger partial charge in [0.1, 0.15) is 5.58 Å². The summed E-state index contributed by atoms with van der Waals surface area (Å²) in [5.74, 6) is 0. The minimum atomic E-state index is 0.836. The maximum absolute atomic E-state index is 7.21. The van der Waals surface area contributed by atoms with Crippen molar-refractivity contribution in [1.82, 2.24) is 4.57 Å². The first-order valence-corrected chi connectivity index (χ1v) is 21.5. The molecule has 0 aliphatic heterocycles. The third kappa shape index (κ3) is 6.29. The summed E-state index contributed by atoms with van der Waals surface area (Å²) < 4.78 is 9.59. The average molecular weight is 805 g/mol. The summed E-state index contributed by atoms with van der Waals surface area (Å²) in [5.41, 5.74) is 17.4. The zero-order valence-corrected chi connectivity index (χ0v) is 34.4. The lowest BCUT2D eigenvalue weighted by Crippen LogP contribution is -2.10. The molecule has 12 rings (SSSR count). The van der Waals surface area contributed by atoms with Crippen molar-refractivity contribution in [1.29, 1.82) is 0 Å². The molecule has 10 aromatic carbocycles. The van der Waals surface area contributed by atoms with Gasteiger partial charge in [-0.25, -0.2) is 0 Å². The van der Waals surface area contributed by atoms with Crippen LogP contribution < -0.4 is 4.90 Å². The number of aromatic nitrogens is 1. The van der Waals surface area contributed by atoms with Gasteiger partial charge in [0.25, 0.3) is 0 Å². The van der Waals surface area contributed by atoms with E-state index in [0.717, 1.165) is 78.1 Å². The second-order valence-corrected chi connectivity index (χ2v) is 16.1. The van der Waals surface area contributed by atoms with Crippen LogP contribution >= 0.6 is 0 Å². The first-order chi connectivity index (χ1) is 31.3. The molecule has 0 radical (unpaired) electrons. The van der Waals surface area contributed by atoms with Crippen molar-refractivity contribution in [3.8, 4) is 50.2 Å². The van der Waals surface area contributed by atoms with Crippen LogP contribution in [0, 0.1) is 0 Å². The molecule has 0 fully saturated rings. The van der Waals surface area contributed by atoms with E-state index in [2.05, 4.69) is 252 Å². The average Bonchev–Trinajstić information content (AvgIpc) is 3.92. The van der Waals surface area contributed by atoms with Crippen LogP contribution in [0.5, 0.6) is 0 Å². The molecule has 0 N–H and O–H groups in total. The maximum Gasteiger partial charge on any atom is 0.159 e. The van der Waals surface area contributed by atoms with Gasteiger partial charge in [-0.2, -0.15) is 0 Å². The van der Waals surface area contributed by atoms with Crippen molar-refractivity contribution in [2.45, 2.75) is 0 Å². The van der Waals surface area contributed by atoms with Crippen LogP contribution in [0.1, 0.15) is 0 Å². The standard InChI is InChI=1S/C60H40N2O/c1-4-16-41(17-5-1)42-30-34-47(35-31-42)61(48-36-32-43(33-37-48)46-22-14-23-49(40-46)62-55-27-12-10-24-52(55)53-25-11-13-28-56(53)62)57-29-15-26-54-58-50(44-18-6-2-7-19-44)38-39-51(60(58)63-59(54)57)45-20-8-3-9-21-45/h1-40H. The first-order valence-electron chi connectivity index (χ1n) is 21.5. The predicted molar refractivity (Wildman–Crippen MR) is 264 cm³/mol. The summed E-state index contributed by atoms with van der Waals surface area (Å²) in [5, 5.41) is 4.69. The Kier molecular flexibility index (Phi) is 8.83. The van der Waals surface area contributed by atoms with Crippen LogP contribution in [0.2, 0.25) is 0 Å². The Morgan fingerprint density at radius 1 is 0.317 bits per heavy atom. The Morgan fingerprint density at radius 2 is 0.778 bits per heavy atom. The fraction of sp³-hybridized carbons (Fsp3) is 0. The molecule has 0 aliphatic rings. The normalized spacial score (nSPS) is 11.5. The molecule has 0 saturated heterocycles. The zero-order chi connectivity index (χ0) is 41.7. The van der Waals surface area contributed by atoms with E-state index in [1.807, 2.05) is 0 Å². The van der Waals surface area contributed by atoms with E-state index < -0.39 is 0 Å². The molecule has 3 heteroatoms. The highest BCUT2D eigenvalue weighted by atomic mass is 16.3. The maximum atomic E-state index is 7.21. The van der Waals surface area contributed by atoms with Gasteiger partial charge in [-0.05, 0) is 99.6 Å². The quantitative estimate of drug-likeness (QED) is 0.153. The molecule has 0 saturated carbocycles. The molecule has 2 aromatic heterocycles. The lowest BCUT2D eigenvalue weighted by Gasteiger charge is -2.26. The number of hydrogen-bond donors (Lipinski definition) is 0. The molecular formula is C60H40N2O. The Morgan fingerprint density at radius 3 is 1.40 bits per heavy atom. The number of benzene rings is 10. The van der Waals surface area contributed by atoms with Gasteiger partial charge < -0.3 is 13.9 Å². The van der Waals surface area contributed by atoms with Gasteiger partial charge in [-0.1, -0.05) is 182 Å². The summed E-state index contributed by atoms with van der Waals surface area (Å²) in [4.78, 5) is 2.34. The van der Waals surface area contributed by atoms with Crippen molar-refractivity contribution < 1.29 is 4.42 Å². The highest BCUT2D eigenvalue weighted by Crippen LogP contribution is 2.47. The largest absolute Gasteiger partial charge is 0.453 e.